The maximum atomic E-state index is 10.1. The second-order valence-electron chi connectivity index (χ2n) is 2.72. The Morgan fingerprint density at radius 2 is 2.15 bits per heavy atom. The Balaban J connectivity index is 2.28. The molecule has 1 aromatic rings. The van der Waals surface area contributed by atoms with Gasteiger partial charge in [-0.2, -0.15) is 0 Å². The summed E-state index contributed by atoms with van der Waals surface area (Å²) >= 11 is 3.35. The molecule has 0 bridgehead atoms. The van der Waals surface area contributed by atoms with Gasteiger partial charge in [-0.15, -0.1) is 0 Å². The molecule has 2 nitrogen and oxygen atoms in total. The molecule has 71 valence electrons. The molecular formula is C10H12BrO2. The van der Waals surface area contributed by atoms with Crippen molar-refractivity contribution >= 4 is 15.9 Å². The van der Waals surface area contributed by atoms with E-state index >= 15 is 0 Å². The number of hydrogen-bond donors (Lipinski definition) is 0. The smallest absolute Gasteiger partial charge is 0.120 e. The van der Waals surface area contributed by atoms with Gasteiger partial charge in [0.05, 0.1) is 13.2 Å². The standard InChI is InChI=1S/C10H12BrO2/c11-9-4-3-5-10(8-9)13-7-2-1-6-12/h3-5,8H,1-2,6-7H2. The molecule has 0 N–H and O–H groups in total. The SMILES string of the molecule is [O]CCCCOc1cccc(Br)c1. The zero-order valence-corrected chi connectivity index (χ0v) is 8.92. The van der Waals surface area contributed by atoms with Gasteiger partial charge in [-0.05, 0) is 31.0 Å². The van der Waals surface area contributed by atoms with Gasteiger partial charge in [0.1, 0.15) is 5.75 Å². The summed E-state index contributed by atoms with van der Waals surface area (Å²) in [4.78, 5) is 0. The van der Waals surface area contributed by atoms with Gasteiger partial charge in [0.2, 0.25) is 0 Å². The minimum atomic E-state index is -0.0121. The highest BCUT2D eigenvalue weighted by Gasteiger charge is 1.94. The Morgan fingerprint density at radius 1 is 1.31 bits per heavy atom. The lowest BCUT2D eigenvalue weighted by molar-refractivity contribution is 0.178. The summed E-state index contributed by atoms with van der Waals surface area (Å²) in [6.07, 6.45) is 1.52. The normalized spacial score (nSPS) is 10.0. The summed E-state index contributed by atoms with van der Waals surface area (Å²) in [5, 5.41) is 10.1. The first kappa shape index (κ1) is 10.5. The van der Waals surface area contributed by atoms with Crippen LogP contribution in [0.1, 0.15) is 12.8 Å². The molecule has 1 aromatic carbocycles. The minimum absolute atomic E-state index is 0.0121. The van der Waals surface area contributed by atoms with Crippen molar-refractivity contribution in [2.75, 3.05) is 13.2 Å². The van der Waals surface area contributed by atoms with Gasteiger partial charge in [0.25, 0.3) is 0 Å². The summed E-state index contributed by atoms with van der Waals surface area (Å²) in [5.74, 6) is 0.847. The highest BCUT2D eigenvalue weighted by atomic mass is 79.9. The summed E-state index contributed by atoms with van der Waals surface area (Å²) in [5.41, 5.74) is 0. The van der Waals surface area contributed by atoms with Crippen molar-refractivity contribution in [1.82, 2.24) is 0 Å². The van der Waals surface area contributed by atoms with Crippen LogP contribution in [0.25, 0.3) is 0 Å². The summed E-state index contributed by atoms with van der Waals surface area (Å²) in [7, 11) is 0. The first-order valence-corrected chi connectivity index (χ1v) is 5.08. The predicted octanol–water partition coefficient (Wildman–Crippen LogP) is 3.04. The molecule has 0 saturated carbocycles. The van der Waals surface area contributed by atoms with Gasteiger partial charge >= 0.3 is 0 Å². The lowest BCUT2D eigenvalue weighted by Gasteiger charge is -2.04. The molecular weight excluding hydrogens is 232 g/mol. The predicted molar refractivity (Wildman–Crippen MR) is 54.4 cm³/mol. The van der Waals surface area contributed by atoms with Crippen LogP contribution in [-0.2, 0) is 5.11 Å². The van der Waals surface area contributed by atoms with E-state index in [0.29, 0.717) is 13.0 Å². The van der Waals surface area contributed by atoms with E-state index in [1.54, 1.807) is 0 Å². The molecule has 13 heavy (non-hydrogen) atoms. The molecule has 0 fully saturated rings. The van der Waals surface area contributed by atoms with Gasteiger partial charge in [0.15, 0.2) is 0 Å². The Kier molecular flexibility index (Phi) is 4.86. The first-order valence-electron chi connectivity index (χ1n) is 4.29. The van der Waals surface area contributed by atoms with Gasteiger partial charge in [-0.25, -0.2) is 5.11 Å². The summed E-state index contributed by atoms with van der Waals surface area (Å²) in [6, 6.07) is 7.69. The molecule has 0 aliphatic heterocycles. The number of benzene rings is 1. The van der Waals surface area contributed by atoms with E-state index in [1.807, 2.05) is 24.3 Å². The van der Waals surface area contributed by atoms with Gasteiger partial charge in [0, 0.05) is 4.47 Å². The highest BCUT2D eigenvalue weighted by molar-refractivity contribution is 9.10. The fourth-order valence-electron chi connectivity index (χ4n) is 0.951. The molecule has 0 aliphatic carbocycles. The Bertz CT molecular complexity index is 250. The number of ether oxygens (including phenoxy) is 1. The third kappa shape index (κ3) is 4.29. The van der Waals surface area contributed by atoms with Crippen molar-refractivity contribution in [3.05, 3.63) is 28.7 Å². The second-order valence-corrected chi connectivity index (χ2v) is 3.63. The molecule has 1 radical (unpaired) electrons. The van der Waals surface area contributed by atoms with Crippen molar-refractivity contribution in [2.45, 2.75) is 12.8 Å². The molecule has 0 unspecified atom stereocenters. The van der Waals surface area contributed by atoms with Crippen LogP contribution in [0.3, 0.4) is 0 Å². The summed E-state index contributed by atoms with van der Waals surface area (Å²) < 4.78 is 6.43. The van der Waals surface area contributed by atoms with Crippen molar-refractivity contribution in [2.24, 2.45) is 0 Å². The molecule has 3 heteroatoms. The second kappa shape index (κ2) is 6.00. The van der Waals surface area contributed by atoms with Gasteiger partial charge < -0.3 is 4.74 Å². The maximum absolute atomic E-state index is 10.1. The van der Waals surface area contributed by atoms with E-state index in [1.165, 1.54) is 0 Å². The van der Waals surface area contributed by atoms with Crippen LogP contribution in [0.4, 0.5) is 0 Å². The van der Waals surface area contributed by atoms with Crippen LogP contribution >= 0.6 is 15.9 Å². The van der Waals surface area contributed by atoms with Gasteiger partial charge in [-0.1, -0.05) is 22.0 Å². The number of halogens is 1. The van der Waals surface area contributed by atoms with Crippen molar-refractivity contribution < 1.29 is 9.84 Å². The molecule has 1 rings (SSSR count). The van der Waals surface area contributed by atoms with Crippen LogP contribution in [0, 0.1) is 0 Å². The minimum Gasteiger partial charge on any atom is -0.494 e. The molecule has 0 amide bonds. The topological polar surface area (TPSA) is 29.1 Å². The third-order valence-electron chi connectivity index (χ3n) is 1.60. The fourth-order valence-corrected chi connectivity index (χ4v) is 1.33. The highest BCUT2D eigenvalue weighted by Crippen LogP contribution is 2.17. The van der Waals surface area contributed by atoms with E-state index in [2.05, 4.69) is 15.9 Å². The van der Waals surface area contributed by atoms with E-state index in [-0.39, 0.29) is 6.61 Å². The Labute approximate surface area is 86.7 Å². The Morgan fingerprint density at radius 3 is 2.85 bits per heavy atom. The van der Waals surface area contributed by atoms with Crippen molar-refractivity contribution in [1.29, 1.82) is 0 Å². The van der Waals surface area contributed by atoms with Crippen LogP contribution in [0.15, 0.2) is 28.7 Å². The van der Waals surface area contributed by atoms with Crippen LogP contribution in [-0.4, -0.2) is 13.2 Å². The van der Waals surface area contributed by atoms with E-state index in [9.17, 15) is 5.11 Å². The largest absolute Gasteiger partial charge is 0.494 e. The van der Waals surface area contributed by atoms with Crippen LogP contribution < -0.4 is 4.74 Å². The molecule has 0 aliphatic rings. The van der Waals surface area contributed by atoms with E-state index in [4.69, 9.17) is 4.74 Å². The number of unbranched alkanes of at least 4 members (excludes halogenated alkanes) is 1. The maximum Gasteiger partial charge on any atom is 0.120 e. The van der Waals surface area contributed by atoms with Gasteiger partial charge in [-0.3, -0.25) is 0 Å². The lowest BCUT2D eigenvalue weighted by Crippen LogP contribution is -1.97. The van der Waals surface area contributed by atoms with Crippen LogP contribution in [0.2, 0.25) is 0 Å². The number of hydrogen-bond acceptors (Lipinski definition) is 1. The Hall–Kier alpha value is -0.540. The van der Waals surface area contributed by atoms with Crippen LogP contribution in [0.5, 0.6) is 5.75 Å². The van der Waals surface area contributed by atoms with Crippen molar-refractivity contribution in [3.63, 3.8) is 0 Å². The average Bonchev–Trinajstić information content (AvgIpc) is 2.13. The quantitative estimate of drug-likeness (QED) is 0.732. The van der Waals surface area contributed by atoms with E-state index in [0.717, 1.165) is 16.6 Å². The zero-order valence-electron chi connectivity index (χ0n) is 7.33. The molecule has 0 spiro atoms. The number of rotatable bonds is 5. The van der Waals surface area contributed by atoms with E-state index < -0.39 is 0 Å². The summed E-state index contributed by atoms with van der Waals surface area (Å²) in [6.45, 7) is 0.612. The molecule has 0 heterocycles. The van der Waals surface area contributed by atoms with Crippen molar-refractivity contribution in [3.8, 4) is 5.75 Å². The third-order valence-corrected chi connectivity index (χ3v) is 2.10. The average molecular weight is 244 g/mol. The molecule has 0 aromatic heterocycles. The fraction of sp³-hybridized carbons (Fsp3) is 0.400. The monoisotopic (exact) mass is 243 g/mol. The molecule has 0 saturated heterocycles. The zero-order chi connectivity index (χ0) is 9.52. The molecule has 0 atom stereocenters. The lowest BCUT2D eigenvalue weighted by atomic mass is 10.3. The first-order chi connectivity index (χ1) is 6.33.